The second kappa shape index (κ2) is 10.4. The number of fused-ring (bicyclic) bond motifs is 5. The molecule has 8 atom stereocenters. The number of likely N-dealkylation sites (tertiary alicyclic amines) is 1. The van der Waals surface area contributed by atoms with Crippen LogP contribution in [0.5, 0.6) is 0 Å². The molecule has 1 amide bonds. The van der Waals surface area contributed by atoms with Crippen molar-refractivity contribution >= 4 is 29.4 Å². The molecule has 220 valence electrons. The minimum atomic E-state index is -1.75. The number of rotatable bonds is 7. The molecule has 10 heteroatoms. The average Bonchev–Trinajstić information content (AvgIpc) is 3.50. The molecule has 1 aliphatic heterocycles. The number of carboxylic acid groups (broad SMARTS) is 1. The van der Waals surface area contributed by atoms with Crippen LogP contribution in [0.4, 0.5) is 0 Å². The maximum absolute atomic E-state index is 13.4. The number of amides is 1. The number of carboxylic acids is 1. The van der Waals surface area contributed by atoms with Gasteiger partial charge in [-0.25, -0.2) is 4.79 Å². The first-order chi connectivity index (χ1) is 18.8. The third-order valence-electron chi connectivity index (χ3n) is 11.3. The van der Waals surface area contributed by atoms with Crippen molar-refractivity contribution in [2.75, 3.05) is 13.2 Å². The highest BCUT2D eigenvalue weighted by Crippen LogP contribution is 2.67. The van der Waals surface area contributed by atoms with E-state index in [2.05, 4.69) is 6.92 Å². The molecular weight excluding hydrogens is 518 g/mol. The Morgan fingerprint density at radius 1 is 1.07 bits per heavy atom. The van der Waals surface area contributed by atoms with Gasteiger partial charge >= 0.3 is 11.9 Å². The average molecular weight is 560 g/mol. The number of allylic oxidation sites excluding steroid dienone is 1. The molecule has 4 aliphatic carbocycles. The number of esters is 1. The Morgan fingerprint density at radius 2 is 1.82 bits per heavy atom. The van der Waals surface area contributed by atoms with Crippen LogP contribution >= 0.6 is 0 Å². The Balaban J connectivity index is 1.21. The van der Waals surface area contributed by atoms with Crippen LogP contribution in [0.15, 0.2) is 11.6 Å². The molecule has 0 aromatic rings. The number of nitrogens with zero attached hydrogens (tertiary/aromatic N) is 1. The van der Waals surface area contributed by atoms with Crippen molar-refractivity contribution in [3.05, 3.63) is 11.6 Å². The summed E-state index contributed by atoms with van der Waals surface area (Å²) in [7, 11) is 0. The Labute approximate surface area is 234 Å². The normalized spacial score (nSPS) is 40.5. The van der Waals surface area contributed by atoms with Gasteiger partial charge < -0.3 is 25.0 Å². The van der Waals surface area contributed by atoms with E-state index in [1.165, 1.54) is 4.90 Å². The SMILES string of the molecule is C[C@]12CCC(=O)C=C1CC[C@H]1[C@H]2[C@@H](O)C[C@@]2(C)[C@H]1CC[C@]2(O)C(=O)COC(=O)CCC(=O)N1CCC[C@@H]1C(=O)O. The van der Waals surface area contributed by atoms with Crippen molar-refractivity contribution < 1.29 is 44.0 Å². The van der Waals surface area contributed by atoms with Gasteiger partial charge in [-0.2, -0.15) is 0 Å². The number of ether oxygens (including phenoxy) is 1. The molecule has 5 aliphatic rings. The van der Waals surface area contributed by atoms with Crippen LogP contribution in [-0.2, 0) is 28.7 Å². The number of aliphatic carboxylic acids is 1. The fourth-order valence-electron chi connectivity index (χ4n) is 9.16. The molecule has 0 aromatic heterocycles. The summed E-state index contributed by atoms with van der Waals surface area (Å²) in [6, 6.07) is -0.879. The molecule has 40 heavy (non-hydrogen) atoms. The van der Waals surface area contributed by atoms with Gasteiger partial charge in [0.05, 0.1) is 12.5 Å². The zero-order chi connectivity index (χ0) is 29.0. The van der Waals surface area contributed by atoms with Crippen LogP contribution in [0.25, 0.3) is 0 Å². The van der Waals surface area contributed by atoms with E-state index in [4.69, 9.17) is 4.74 Å². The first kappa shape index (κ1) is 28.9. The molecule has 3 saturated carbocycles. The van der Waals surface area contributed by atoms with Gasteiger partial charge in [-0.3, -0.25) is 19.2 Å². The number of Topliss-reactive ketones (excluding diaryl/α,β-unsaturated/α-hetero) is 1. The molecule has 0 aromatic carbocycles. The van der Waals surface area contributed by atoms with Crippen LogP contribution in [0, 0.1) is 28.6 Å². The molecule has 3 N–H and O–H groups in total. The predicted molar refractivity (Wildman–Crippen MR) is 141 cm³/mol. The van der Waals surface area contributed by atoms with Crippen molar-refractivity contribution in [1.82, 2.24) is 4.90 Å². The number of hydrogen-bond donors (Lipinski definition) is 3. The predicted octanol–water partition coefficient (Wildman–Crippen LogP) is 2.19. The topological polar surface area (TPSA) is 159 Å². The third kappa shape index (κ3) is 4.51. The summed E-state index contributed by atoms with van der Waals surface area (Å²) in [5.41, 5.74) is -1.78. The quantitative estimate of drug-likeness (QED) is 0.398. The van der Waals surface area contributed by atoms with Gasteiger partial charge in [0.2, 0.25) is 11.7 Å². The summed E-state index contributed by atoms with van der Waals surface area (Å²) >= 11 is 0. The molecule has 5 rings (SSSR count). The number of hydrogen-bond acceptors (Lipinski definition) is 8. The van der Waals surface area contributed by atoms with E-state index in [-0.39, 0.29) is 54.6 Å². The van der Waals surface area contributed by atoms with E-state index < -0.39 is 53.4 Å². The van der Waals surface area contributed by atoms with Crippen molar-refractivity contribution in [2.45, 2.75) is 102 Å². The van der Waals surface area contributed by atoms with E-state index >= 15 is 0 Å². The molecule has 0 bridgehead atoms. The highest BCUT2D eigenvalue weighted by molar-refractivity contribution is 5.92. The molecule has 0 radical (unpaired) electrons. The number of carbonyl (C=O) groups is 5. The lowest BCUT2D eigenvalue weighted by molar-refractivity contribution is -0.184. The fraction of sp³-hybridized carbons (Fsp3) is 0.767. The zero-order valence-corrected chi connectivity index (χ0v) is 23.4. The molecule has 4 fully saturated rings. The summed E-state index contributed by atoms with van der Waals surface area (Å²) in [6.45, 7) is 3.73. The lowest BCUT2D eigenvalue weighted by atomic mass is 9.45. The fourth-order valence-corrected chi connectivity index (χ4v) is 9.16. The summed E-state index contributed by atoms with van der Waals surface area (Å²) in [4.78, 5) is 62.9. The highest BCUT2D eigenvalue weighted by atomic mass is 16.5. The van der Waals surface area contributed by atoms with Crippen LogP contribution in [-0.4, -0.2) is 80.5 Å². The molecule has 0 spiro atoms. The van der Waals surface area contributed by atoms with Crippen molar-refractivity contribution in [1.29, 1.82) is 0 Å². The number of ketones is 2. The number of aliphatic hydroxyl groups is 2. The van der Waals surface area contributed by atoms with Gasteiger partial charge in [-0.05, 0) is 80.6 Å². The largest absolute Gasteiger partial charge is 0.480 e. The Hall–Kier alpha value is -2.59. The van der Waals surface area contributed by atoms with Crippen LogP contribution < -0.4 is 0 Å². The van der Waals surface area contributed by atoms with E-state index in [1.54, 1.807) is 6.08 Å². The summed E-state index contributed by atoms with van der Waals surface area (Å²) in [6.07, 6.45) is 5.35. The van der Waals surface area contributed by atoms with Gasteiger partial charge in [0.15, 0.2) is 12.4 Å². The first-order valence-electron chi connectivity index (χ1n) is 14.7. The summed E-state index contributed by atoms with van der Waals surface area (Å²) in [5.74, 6) is -2.64. The molecule has 1 saturated heterocycles. The maximum atomic E-state index is 13.4. The van der Waals surface area contributed by atoms with E-state index in [0.29, 0.717) is 38.6 Å². The molecular formula is C30H41NO9. The standard InChI is InChI=1S/C30H41NO9/c1-28-11-9-18(32)14-17(28)5-6-19-20-10-12-30(39,29(20,2)15-22(33)26(19)28)23(34)16-40-25(36)8-7-24(35)31-13-3-4-21(31)27(37)38/h14,19-22,26,33,39H,3-13,15-16H2,1-2H3,(H,37,38)/t19-,20+,21-,22+,26+,28+,29+,30+/m1/s1. The number of carbonyl (C=O) groups excluding carboxylic acids is 4. The molecule has 10 nitrogen and oxygen atoms in total. The van der Waals surface area contributed by atoms with Crippen LogP contribution in [0.2, 0.25) is 0 Å². The lowest BCUT2D eigenvalue weighted by Crippen LogP contribution is -2.62. The third-order valence-corrected chi connectivity index (χ3v) is 11.3. The second-order valence-corrected chi connectivity index (χ2v) is 13.1. The van der Waals surface area contributed by atoms with Crippen LogP contribution in [0.1, 0.15) is 84.5 Å². The first-order valence-corrected chi connectivity index (χ1v) is 14.7. The Morgan fingerprint density at radius 3 is 2.55 bits per heavy atom. The monoisotopic (exact) mass is 559 g/mol. The van der Waals surface area contributed by atoms with Crippen molar-refractivity contribution in [2.24, 2.45) is 28.6 Å². The summed E-state index contributed by atoms with van der Waals surface area (Å²) in [5, 5.41) is 32.5. The maximum Gasteiger partial charge on any atom is 0.326 e. The minimum absolute atomic E-state index is 0.0156. The van der Waals surface area contributed by atoms with Gasteiger partial charge in [-0.15, -0.1) is 0 Å². The van der Waals surface area contributed by atoms with Gasteiger partial charge in [0.1, 0.15) is 11.6 Å². The highest BCUT2D eigenvalue weighted by Gasteiger charge is 2.68. The van der Waals surface area contributed by atoms with Crippen LogP contribution in [0.3, 0.4) is 0 Å². The zero-order valence-electron chi connectivity index (χ0n) is 23.4. The molecule has 1 heterocycles. The second-order valence-electron chi connectivity index (χ2n) is 13.1. The van der Waals surface area contributed by atoms with Gasteiger partial charge in [0, 0.05) is 24.8 Å². The molecule has 0 unspecified atom stereocenters. The van der Waals surface area contributed by atoms with E-state index in [1.807, 2.05) is 6.92 Å². The Bertz CT molecular complexity index is 1150. The number of aliphatic hydroxyl groups excluding tert-OH is 1. The van der Waals surface area contributed by atoms with Crippen molar-refractivity contribution in [3.63, 3.8) is 0 Å². The van der Waals surface area contributed by atoms with Gasteiger partial charge in [-0.1, -0.05) is 19.4 Å². The van der Waals surface area contributed by atoms with Crippen molar-refractivity contribution in [3.8, 4) is 0 Å². The van der Waals surface area contributed by atoms with E-state index in [0.717, 1.165) is 18.4 Å². The smallest absolute Gasteiger partial charge is 0.326 e. The minimum Gasteiger partial charge on any atom is -0.480 e. The lowest BCUT2D eigenvalue weighted by Gasteiger charge is -2.60. The summed E-state index contributed by atoms with van der Waals surface area (Å²) < 4.78 is 5.19. The Kier molecular flexibility index (Phi) is 7.48. The van der Waals surface area contributed by atoms with E-state index in [9.17, 15) is 39.3 Å². The van der Waals surface area contributed by atoms with Gasteiger partial charge in [0.25, 0.3) is 0 Å².